The molecule has 2 aromatic carbocycles. The Morgan fingerprint density at radius 2 is 1.56 bits per heavy atom. The first-order valence-corrected chi connectivity index (χ1v) is 7.68. The Morgan fingerprint density at radius 3 is 2.17 bits per heavy atom. The van der Waals surface area contributed by atoms with Crippen molar-refractivity contribution < 1.29 is 9.13 Å². The molecule has 0 aliphatic carbocycles. The molecule has 1 atom stereocenters. The normalized spacial score (nSPS) is 12.1. The van der Waals surface area contributed by atoms with Gasteiger partial charge < -0.3 is 0 Å². The van der Waals surface area contributed by atoms with E-state index >= 15 is 0 Å². The molecule has 18 heavy (non-hydrogen) atoms. The molecule has 0 heterocycles. The molecule has 94 valence electrons. The third-order valence-corrected chi connectivity index (χ3v) is 4.79. The van der Waals surface area contributed by atoms with Crippen LogP contribution in [0.5, 0.6) is 5.75 Å². The van der Waals surface area contributed by atoms with Crippen molar-refractivity contribution in [3.05, 3.63) is 60.7 Å². The molecular weight excluding hydrogens is 294 g/mol. The molecule has 0 spiro atoms. The molecule has 1 unspecified atom stereocenters. The van der Waals surface area contributed by atoms with Gasteiger partial charge in [-0.25, -0.2) is 0 Å². The predicted molar refractivity (Wildman–Crippen MR) is 73.5 cm³/mol. The summed E-state index contributed by atoms with van der Waals surface area (Å²) in [6.45, 7) is 0.108. The van der Waals surface area contributed by atoms with Crippen LogP contribution in [0.25, 0.3) is 0 Å². The Morgan fingerprint density at radius 1 is 0.944 bits per heavy atom. The maximum atomic E-state index is 13.0. The van der Waals surface area contributed by atoms with Crippen molar-refractivity contribution in [3.63, 3.8) is 0 Å². The van der Waals surface area contributed by atoms with E-state index in [4.69, 9.17) is 4.74 Å². The number of ether oxygens (including phenoxy) is 1. The zero-order chi connectivity index (χ0) is 12.6. The van der Waals surface area contributed by atoms with Crippen LogP contribution in [-0.2, 0) is 0 Å². The van der Waals surface area contributed by atoms with Crippen LogP contribution in [0, 0.1) is 0 Å². The predicted octanol–water partition coefficient (Wildman–Crippen LogP) is 2.85. The fraction of sp³-hybridized carbons (Fsp3) is 0.200. The first kappa shape index (κ1) is 13.1. The van der Waals surface area contributed by atoms with Crippen LogP contribution in [0.2, 0.25) is 4.82 Å². The number of rotatable bonds is 6. The standard InChI is InChI=1S/C15H15FOSe/c16-11-15(18-14-9-5-2-6-10-14)12-17-13-7-3-1-4-8-13/h1-10,15H,11-12H2. The summed E-state index contributed by atoms with van der Waals surface area (Å²) in [5.41, 5.74) is 0. The van der Waals surface area contributed by atoms with Gasteiger partial charge in [0.1, 0.15) is 0 Å². The number of hydrogen-bond donors (Lipinski definition) is 0. The average molecular weight is 309 g/mol. The van der Waals surface area contributed by atoms with Crippen molar-refractivity contribution in [2.75, 3.05) is 13.3 Å². The third-order valence-electron chi connectivity index (χ3n) is 2.40. The third kappa shape index (κ3) is 4.17. The van der Waals surface area contributed by atoms with Gasteiger partial charge in [-0.3, -0.25) is 0 Å². The van der Waals surface area contributed by atoms with E-state index in [-0.39, 0.29) is 26.4 Å². The number of alkyl halides is 1. The van der Waals surface area contributed by atoms with Crippen LogP contribution in [0.3, 0.4) is 0 Å². The summed E-state index contributed by atoms with van der Waals surface area (Å²) >= 11 is 0.116. The van der Waals surface area contributed by atoms with Crippen LogP contribution in [0.15, 0.2) is 60.7 Å². The Labute approximate surface area is 113 Å². The van der Waals surface area contributed by atoms with Crippen LogP contribution in [0.1, 0.15) is 0 Å². The van der Waals surface area contributed by atoms with Gasteiger partial charge in [-0.15, -0.1) is 0 Å². The van der Waals surface area contributed by atoms with Crippen molar-refractivity contribution in [2.24, 2.45) is 0 Å². The second kappa shape index (κ2) is 7.20. The van der Waals surface area contributed by atoms with Crippen molar-refractivity contribution in [2.45, 2.75) is 4.82 Å². The van der Waals surface area contributed by atoms with Crippen LogP contribution >= 0.6 is 0 Å². The monoisotopic (exact) mass is 310 g/mol. The summed E-state index contributed by atoms with van der Waals surface area (Å²) in [6, 6.07) is 19.6. The fourth-order valence-corrected chi connectivity index (χ4v) is 3.39. The van der Waals surface area contributed by atoms with Crippen LogP contribution < -0.4 is 9.20 Å². The summed E-state index contributed by atoms with van der Waals surface area (Å²) in [5.74, 6) is 0.805. The molecule has 0 saturated carbocycles. The van der Waals surface area contributed by atoms with Gasteiger partial charge in [0.05, 0.1) is 0 Å². The molecule has 2 rings (SSSR count). The van der Waals surface area contributed by atoms with Gasteiger partial charge in [-0.05, 0) is 0 Å². The summed E-state index contributed by atoms with van der Waals surface area (Å²) in [4.78, 5) is -0.0277. The summed E-state index contributed by atoms with van der Waals surface area (Å²) < 4.78 is 19.8. The molecule has 3 heteroatoms. The van der Waals surface area contributed by atoms with E-state index in [1.807, 2.05) is 60.7 Å². The van der Waals surface area contributed by atoms with Crippen molar-refractivity contribution in [1.82, 2.24) is 0 Å². The molecule has 0 aliphatic rings. The number of hydrogen-bond acceptors (Lipinski definition) is 1. The number of halogens is 1. The number of para-hydroxylation sites is 1. The van der Waals surface area contributed by atoms with Gasteiger partial charge >= 0.3 is 113 Å². The fourth-order valence-electron chi connectivity index (χ4n) is 1.51. The molecule has 0 aliphatic heterocycles. The zero-order valence-corrected chi connectivity index (χ0v) is 11.7. The summed E-state index contributed by atoms with van der Waals surface area (Å²) in [7, 11) is 0. The molecule has 0 aromatic heterocycles. The van der Waals surface area contributed by atoms with E-state index in [1.165, 1.54) is 4.46 Å². The second-order valence-electron chi connectivity index (χ2n) is 3.83. The van der Waals surface area contributed by atoms with Gasteiger partial charge in [0.15, 0.2) is 0 Å². The summed E-state index contributed by atoms with van der Waals surface area (Å²) in [5, 5.41) is 0. The molecule has 0 fully saturated rings. The molecule has 0 saturated heterocycles. The Bertz CT molecular complexity index is 447. The van der Waals surface area contributed by atoms with E-state index in [9.17, 15) is 4.39 Å². The van der Waals surface area contributed by atoms with Crippen LogP contribution in [-0.4, -0.2) is 28.2 Å². The van der Waals surface area contributed by atoms with Crippen molar-refractivity contribution in [1.29, 1.82) is 0 Å². The molecule has 1 nitrogen and oxygen atoms in total. The SMILES string of the molecule is FCC(COc1ccccc1)[Se]c1ccccc1. The number of benzene rings is 2. The molecule has 2 aromatic rings. The van der Waals surface area contributed by atoms with E-state index in [2.05, 4.69) is 0 Å². The van der Waals surface area contributed by atoms with Gasteiger partial charge in [0.25, 0.3) is 0 Å². The van der Waals surface area contributed by atoms with Gasteiger partial charge in [0, 0.05) is 0 Å². The van der Waals surface area contributed by atoms with E-state index < -0.39 is 0 Å². The zero-order valence-electron chi connectivity index (χ0n) is 9.96. The molecular formula is C15H15FOSe. The first-order valence-electron chi connectivity index (χ1n) is 5.84. The van der Waals surface area contributed by atoms with Gasteiger partial charge in [-0.1, -0.05) is 0 Å². The first-order chi connectivity index (χ1) is 8.88. The van der Waals surface area contributed by atoms with Crippen molar-refractivity contribution >= 4 is 19.4 Å². The second-order valence-corrected chi connectivity index (χ2v) is 6.71. The van der Waals surface area contributed by atoms with Gasteiger partial charge in [0.2, 0.25) is 0 Å². The minimum absolute atomic E-state index is 0.0277. The molecule has 0 bridgehead atoms. The maximum absolute atomic E-state index is 13.0. The van der Waals surface area contributed by atoms with E-state index in [1.54, 1.807) is 0 Å². The molecule has 0 radical (unpaired) electrons. The molecule has 0 N–H and O–H groups in total. The van der Waals surface area contributed by atoms with E-state index in [0.717, 1.165) is 5.75 Å². The van der Waals surface area contributed by atoms with Gasteiger partial charge in [-0.2, -0.15) is 0 Å². The summed E-state index contributed by atoms with van der Waals surface area (Å²) in [6.07, 6.45) is 0. The average Bonchev–Trinajstić information content (AvgIpc) is 2.45. The Balaban J connectivity index is 1.86. The Hall–Kier alpha value is -1.31. The topological polar surface area (TPSA) is 9.23 Å². The Kier molecular flexibility index (Phi) is 5.25. The van der Waals surface area contributed by atoms with E-state index in [0.29, 0.717) is 6.61 Å². The van der Waals surface area contributed by atoms with Crippen LogP contribution in [0.4, 0.5) is 4.39 Å². The van der Waals surface area contributed by atoms with Crippen molar-refractivity contribution in [3.8, 4) is 5.75 Å². The minimum atomic E-state index is -0.332. The molecule has 0 amide bonds. The quantitative estimate of drug-likeness (QED) is 0.746.